The van der Waals surface area contributed by atoms with Gasteiger partial charge in [0.1, 0.15) is 11.5 Å². The molecule has 0 bridgehead atoms. The fraction of sp³-hybridized carbons (Fsp3) is 0.278. The maximum atomic E-state index is 12.5. The number of anilines is 2. The standard InChI is InChI=1S/C18H19N3O3/c22-17(23)12-13-6-1-2-7-14(13)20-18(24)15-8-5-9-16(19-15)21-10-3-4-11-21/h1-2,5-9H,3-4,10-12H2,(H,20,24)(H,22,23). The monoisotopic (exact) mass is 325 g/mol. The summed E-state index contributed by atoms with van der Waals surface area (Å²) in [6.07, 6.45) is 2.14. The maximum absolute atomic E-state index is 12.5. The lowest BCUT2D eigenvalue weighted by atomic mass is 10.1. The van der Waals surface area contributed by atoms with Crippen molar-refractivity contribution >= 4 is 23.4 Å². The van der Waals surface area contributed by atoms with Crippen LogP contribution < -0.4 is 10.2 Å². The van der Waals surface area contributed by atoms with Gasteiger partial charge in [0, 0.05) is 18.8 Å². The van der Waals surface area contributed by atoms with E-state index >= 15 is 0 Å². The minimum atomic E-state index is -0.939. The molecule has 2 aromatic rings. The minimum absolute atomic E-state index is 0.141. The molecule has 1 aromatic carbocycles. The molecule has 1 aromatic heterocycles. The third kappa shape index (κ3) is 3.71. The summed E-state index contributed by atoms with van der Waals surface area (Å²) in [6, 6.07) is 12.3. The normalized spacial score (nSPS) is 13.8. The molecule has 2 heterocycles. The van der Waals surface area contributed by atoms with E-state index in [0.29, 0.717) is 16.9 Å². The molecule has 0 saturated carbocycles. The lowest BCUT2D eigenvalue weighted by Gasteiger charge is -2.17. The van der Waals surface area contributed by atoms with Crippen molar-refractivity contribution < 1.29 is 14.7 Å². The van der Waals surface area contributed by atoms with E-state index in [2.05, 4.69) is 15.2 Å². The van der Waals surface area contributed by atoms with Crippen LogP contribution in [0.4, 0.5) is 11.5 Å². The van der Waals surface area contributed by atoms with Crippen molar-refractivity contribution in [3.63, 3.8) is 0 Å². The first-order valence-corrected chi connectivity index (χ1v) is 7.96. The van der Waals surface area contributed by atoms with Gasteiger partial charge in [-0.05, 0) is 36.6 Å². The Balaban J connectivity index is 1.78. The molecule has 1 aliphatic rings. The van der Waals surface area contributed by atoms with E-state index in [1.54, 1.807) is 30.3 Å². The minimum Gasteiger partial charge on any atom is -0.481 e. The van der Waals surface area contributed by atoms with Crippen LogP contribution in [-0.2, 0) is 11.2 Å². The first kappa shape index (κ1) is 16.0. The number of para-hydroxylation sites is 1. The first-order chi connectivity index (χ1) is 11.6. The fourth-order valence-electron chi connectivity index (χ4n) is 2.82. The topological polar surface area (TPSA) is 82.5 Å². The summed E-state index contributed by atoms with van der Waals surface area (Å²) in [7, 11) is 0. The van der Waals surface area contributed by atoms with E-state index in [-0.39, 0.29) is 12.3 Å². The van der Waals surface area contributed by atoms with Crippen molar-refractivity contribution in [2.24, 2.45) is 0 Å². The molecular formula is C18H19N3O3. The van der Waals surface area contributed by atoms with Crippen LogP contribution >= 0.6 is 0 Å². The number of carboxylic acid groups (broad SMARTS) is 1. The number of aromatic nitrogens is 1. The lowest BCUT2D eigenvalue weighted by Crippen LogP contribution is -2.21. The van der Waals surface area contributed by atoms with Crippen LogP contribution in [0.5, 0.6) is 0 Å². The van der Waals surface area contributed by atoms with Crippen LogP contribution in [0.15, 0.2) is 42.5 Å². The molecule has 1 amide bonds. The molecule has 0 spiro atoms. The van der Waals surface area contributed by atoms with Gasteiger partial charge in [-0.2, -0.15) is 0 Å². The number of amides is 1. The second-order valence-corrected chi connectivity index (χ2v) is 5.76. The highest BCUT2D eigenvalue weighted by Crippen LogP contribution is 2.20. The molecular weight excluding hydrogens is 306 g/mol. The van der Waals surface area contributed by atoms with Crippen LogP contribution in [0.1, 0.15) is 28.9 Å². The van der Waals surface area contributed by atoms with Crippen molar-refractivity contribution in [3.05, 3.63) is 53.7 Å². The van der Waals surface area contributed by atoms with E-state index in [1.807, 2.05) is 12.1 Å². The van der Waals surface area contributed by atoms with Crippen LogP contribution in [0.25, 0.3) is 0 Å². The summed E-state index contributed by atoms with van der Waals surface area (Å²) >= 11 is 0. The highest BCUT2D eigenvalue weighted by Gasteiger charge is 2.16. The maximum Gasteiger partial charge on any atom is 0.307 e. The number of carboxylic acids is 1. The van der Waals surface area contributed by atoms with Gasteiger partial charge in [-0.1, -0.05) is 24.3 Å². The Hall–Kier alpha value is -2.89. The summed E-state index contributed by atoms with van der Waals surface area (Å²) in [5, 5.41) is 11.7. The highest BCUT2D eigenvalue weighted by molar-refractivity contribution is 6.03. The van der Waals surface area contributed by atoms with Gasteiger partial charge in [-0.3, -0.25) is 9.59 Å². The summed E-state index contributed by atoms with van der Waals surface area (Å²) in [5.74, 6) is -0.473. The zero-order valence-corrected chi connectivity index (χ0v) is 13.2. The average Bonchev–Trinajstić information content (AvgIpc) is 3.11. The second kappa shape index (κ2) is 7.12. The number of nitrogens with zero attached hydrogens (tertiary/aromatic N) is 2. The molecule has 6 heteroatoms. The average molecular weight is 325 g/mol. The zero-order valence-electron chi connectivity index (χ0n) is 13.2. The van der Waals surface area contributed by atoms with E-state index < -0.39 is 5.97 Å². The van der Waals surface area contributed by atoms with E-state index in [9.17, 15) is 9.59 Å². The van der Waals surface area contributed by atoms with Crippen LogP contribution in [-0.4, -0.2) is 35.1 Å². The molecule has 124 valence electrons. The van der Waals surface area contributed by atoms with Gasteiger partial charge in [0.15, 0.2) is 0 Å². The summed E-state index contributed by atoms with van der Waals surface area (Å²) in [5.41, 5.74) is 1.39. The summed E-state index contributed by atoms with van der Waals surface area (Å²) < 4.78 is 0. The van der Waals surface area contributed by atoms with E-state index in [4.69, 9.17) is 5.11 Å². The predicted molar refractivity (Wildman–Crippen MR) is 91.4 cm³/mol. The number of hydrogen-bond acceptors (Lipinski definition) is 4. The van der Waals surface area contributed by atoms with Crippen molar-refractivity contribution in [3.8, 4) is 0 Å². The summed E-state index contributed by atoms with van der Waals surface area (Å²) in [4.78, 5) is 30.0. The molecule has 24 heavy (non-hydrogen) atoms. The number of pyridine rings is 1. The van der Waals surface area contributed by atoms with Crippen LogP contribution in [0, 0.1) is 0 Å². The van der Waals surface area contributed by atoms with Crippen LogP contribution in [0.2, 0.25) is 0 Å². The number of aliphatic carboxylic acids is 1. The Bertz CT molecular complexity index is 755. The Morgan fingerprint density at radius 3 is 2.58 bits per heavy atom. The molecule has 0 unspecified atom stereocenters. The highest BCUT2D eigenvalue weighted by atomic mass is 16.4. The molecule has 1 aliphatic heterocycles. The second-order valence-electron chi connectivity index (χ2n) is 5.76. The van der Waals surface area contributed by atoms with Crippen molar-refractivity contribution in [2.75, 3.05) is 23.3 Å². The van der Waals surface area contributed by atoms with Crippen LogP contribution in [0.3, 0.4) is 0 Å². The number of benzene rings is 1. The van der Waals surface area contributed by atoms with Crippen molar-refractivity contribution in [1.29, 1.82) is 0 Å². The largest absolute Gasteiger partial charge is 0.481 e. The van der Waals surface area contributed by atoms with Crippen molar-refractivity contribution in [1.82, 2.24) is 4.98 Å². The van der Waals surface area contributed by atoms with Gasteiger partial charge < -0.3 is 15.3 Å². The number of hydrogen-bond donors (Lipinski definition) is 2. The number of nitrogens with one attached hydrogen (secondary N) is 1. The molecule has 2 N–H and O–H groups in total. The Morgan fingerprint density at radius 2 is 1.83 bits per heavy atom. The predicted octanol–water partition coefficient (Wildman–Crippen LogP) is 2.56. The molecule has 0 aliphatic carbocycles. The first-order valence-electron chi connectivity index (χ1n) is 7.96. The quantitative estimate of drug-likeness (QED) is 0.883. The fourth-order valence-corrected chi connectivity index (χ4v) is 2.82. The molecule has 0 atom stereocenters. The number of carbonyl (C=O) groups is 2. The molecule has 1 fully saturated rings. The third-order valence-corrected chi connectivity index (χ3v) is 4.00. The van der Waals surface area contributed by atoms with Gasteiger partial charge in [0.05, 0.1) is 6.42 Å². The van der Waals surface area contributed by atoms with E-state index in [1.165, 1.54) is 0 Å². The Kier molecular flexibility index (Phi) is 4.74. The van der Waals surface area contributed by atoms with Gasteiger partial charge in [0.25, 0.3) is 5.91 Å². The van der Waals surface area contributed by atoms with Gasteiger partial charge >= 0.3 is 5.97 Å². The zero-order chi connectivity index (χ0) is 16.9. The van der Waals surface area contributed by atoms with E-state index in [0.717, 1.165) is 31.7 Å². The molecule has 6 nitrogen and oxygen atoms in total. The molecule has 1 saturated heterocycles. The smallest absolute Gasteiger partial charge is 0.307 e. The van der Waals surface area contributed by atoms with Gasteiger partial charge in [0.2, 0.25) is 0 Å². The Labute approximate surface area is 140 Å². The molecule has 3 rings (SSSR count). The number of carbonyl (C=O) groups excluding carboxylic acids is 1. The van der Waals surface area contributed by atoms with Gasteiger partial charge in [-0.25, -0.2) is 4.98 Å². The van der Waals surface area contributed by atoms with Gasteiger partial charge in [-0.15, -0.1) is 0 Å². The Morgan fingerprint density at radius 1 is 1.08 bits per heavy atom. The number of rotatable bonds is 5. The molecule has 0 radical (unpaired) electrons. The summed E-state index contributed by atoms with van der Waals surface area (Å²) in [6.45, 7) is 1.92. The van der Waals surface area contributed by atoms with Crippen molar-refractivity contribution in [2.45, 2.75) is 19.3 Å². The lowest BCUT2D eigenvalue weighted by molar-refractivity contribution is -0.136. The SMILES string of the molecule is O=C(O)Cc1ccccc1NC(=O)c1cccc(N2CCCC2)n1. The third-order valence-electron chi connectivity index (χ3n) is 4.00.